The Kier molecular flexibility index (Phi) is 6.02. The van der Waals surface area contributed by atoms with Gasteiger partial charge in [0, 0.05) is 52.5 Å². The monoisotopic (exact) mass is 319 g/mol. The van der Waals surface area contributed by atoms with E-state index in [1.807, 2.05) is 43.3 Å². The van der Waals surface area contributed by atoms with Gasteiger partial charge in [0.05, 0.1) is 0 Å². The molecule has 0 aromatic heterocycles. The summed E-state index contributed by atoms with van der Waals surface area (Å²) in [6.07, 6.45) is 0. The summed E-state index contributed by atoms with van der Waals surface area (Å²) >= 11 is 0. The van der Waals surface area contributed by atoms with Crippen molar-refractivity contribution in [1.82, 2.24) is 9.80 Å². The topological polar surface area (TPSA) is 47.0 Å². The summed E-state index contributed by atoms with van der Waals surface area (Å²) < 4.78 is 0. The number of benzene rings is 1. The van der Waals surface area contributed by atoms with E-state index < -0.39 is 12.0 Å². The Morgan fingerprint density at radius 2 is 1.70 bits per heavy atom. The Balaban J connectivity index is 2.06. The van der Waals surface area contributed by atoms with Gasteiger partial charge in [-0.15, -0.1) is 0 Å². The van der Waals surface area contributed by atoms with Gasteiger partial charge in [-0.05, 0) is 23.6 Å². The molecule has 0 aliphatic carbocycles. The molecule has 1 aliphatic rings. The normalized spacial score (nSPS) is 18.1. The van der Waals surface area contributed by atoms with Crippen LogP contribution in [-0.4, -0.2) is 67.7 Å². The number of carbonyl (C=O) groups is 1. The molecule has 0 radical (unpaired) electrons. The second kappa shape index (κ2) is 7.79. The Hall–Kier alpha value is -1.59. The summed E-state index contributed by atoms with van der Waals surface area (Å²) in [4.78, 5) is 18.3. The zero-order valence-electron chi connectivity index (χ0n) is 14.7. The van der Waals surface area contributed by atoms with Crippen LogP contribution in [0.1, 0.15) is 25.5 Å². The van der Waals surface area contributed by atoms with E-state index in [4.69, 9.17) is 0 Å². The Morgan fingerprint density at radius 1 is 1.13 bits per heavy atom. The quantitative estimate of drug-likeness (QED) is 0.870. The molecule has 1 N–H and O–H groups in total. The molecular weight excluding hydrogens is 290 g/mol. The van der Waals surface area contributed by atoms with Crippen molar-refractivity contribution >= 4 is 11.7 Å². The van der Waals surface area contributed by atoms with E-state index in [-0.39, 0.29) is 0 Å². The van der Waals surface area contributed by atoms with Crippen molar-refractivity contribution in [3.05, 3.63) is 29.8 Å². The minimum Gasteiger partial charge on any atom is -0.480 e. The summed E-state index contributed by atoms with van der Waals surface area (Å²) in [7, 11) is 3.97. The van der Waals surface area contributed by atoms with Crippen molar-refractivity contribution in [1.29, 1.82) is 0 Å². The van der Waals surface area contributed by atoms with E-state index in [1.165, 1.54) is 0 Å². The Labute approximate surface area is 139 Å². The molecule has 5 heteroatoms. The van der Waals surface area contributed by atoms with E-state index in [2.05, 4.69) is 23.6 Å². The molecule has 1 heterocycles. The molecule has 1 aliphatic heterocycles. The molecule has 0 bridgehead atoms. The summed E-state index contributed by atoms with van der Waals surface area (Å²) in [6, 6.07) is 7.30. The molecule has 1 saturated heterocycles. The molecule has 2 rings (SSSR count). The number of aliphatic carboxylic acids is 1. The SMILES string of the molecule is CC(C)CN1CCN(C(C(=O)O)c2ccc(N(C)C)cc2)CC1. The maximum absolute atomic E-state index is 11.8. The fourth-order valence-electron chi connectivity index (χ4n) is 3.18. The van der Waals surface area contributed by atoms with Crippen molar-refractivity contribution in [3.8, 4) is 0 Å². The molecule has 1 unspecified atom stereocenters. The van der Waals surface area contributed by atoms with Gasteiger partial charge in [0.1, 0.15) is 6.04 Å². The second-order valence-electron chi connectivity index (χ2n) is 6.96. The van der Waals surface area contributed by atoms with Gasteiger partial charge in [-0.25, -0.2) is 0 Å². The third-order valence-corrected chi connectivity index (χ3v) is 4.35. The minimum atomic E-state index is -0.764. The van der Waals surface area contributed by atoms with Gasteiger partial charge in [-0.2, -0.15) is 0 Å². The van der Waals surface area contributed by atoms with Gasteiger partial charge in [-0.1, -0.05) is 26.0 Å². The van der Waals surface area contributed by atoms with E-state index in [0.717, 1.165) is 44.0 Å². The fraction of sp³-hybridized carbons (Fsp3) is 0.611. The van der Waals surface area contributed by atoms with Crippen molar-refractivity contribution < 1.29 is 9.90 Å². The van der Waals surface area contributed by atoms with Crippen LogP contribution in [0.5, 0.6) is 0 Å². The highest BCUT2D eigenvalue weighted by Gasteiger charge is 2.30. The van der Waals surface area contributed by atoms with E-state index in [0.29, 0.717) is 5.92 Å². The van der Waals surface area contributed by atoms with Crippen LogP contribution in [0.2, 0.25) is 0 Å². The predicted molar refractivity (Wildman–Crippen MR) is 94.0 cm³/mol. The minimum absolute atomic E-state index is 0.549. The zero-order chi connectivity index (χ0) is 17.0. The average Bonchev–Trinajstić information content (AvgIpc) is 2.49. The third-order valence-electron chi connectivity index (χ3n) is 4.35. The lowest BCUT2D eigenvalue weighted by Crippen LogP contribution is -2.49. The molecular formula is C18H29N3O2. The van der Waals surface area contributed by atoms with Crippen LogP contribution in [0.25, 0.3) is 0 Å². The number of anilines is 1. The van der Waals surface area contributed by atoms with Crippen LogP contribution in [0.15, 0.2) is 24.3 Å². The van der Waals surface area contributed by atoms with Crippen molar-refractivity contribution in [2.75, 3.05) is 51.7 Å². The van der Waals surface area contributed by atoms with Gasteiger partial charge < -0.3 is 14.9 Å². The molecule has 1 aromatic carbocycles. The highest BCUT2D eigenvalue weighted by atomic mass is 16.4. The number of piperazine rings is 1. The van der Waals surface area contributed by atoms with Crippen LogP contribution in [0.3, 0.4) is 0 Å². The van der Waals surface area contributed by atoms with Crippen LogP contribution in [0, 0.1) is 5.92 Å². The number of hydrogen-bond acceptors (Lipinski definition) is 4. The highest BCUT2D eigenvalue weighted by Crippen LogP contribution is 2.25. The molecule has 1 fully saturated rings. The lowest BCUT2D eigenvalue weighted by atomic mass is 10.0. The van der Waals surface area contributed by atoms with Crippen LogP contribution >= 0.6 is 0 Å². The Bertz CT molecular complexity index is 506. The number of hydrogen-bond donors (Lipinski definition) is 1. The largest absolute Gasteiger partial charge is 0.480 e. The first-order valence-corrected chi connectivity index (χ1v) is 8.35. The summed E-state index contributed by atoms with van der Waals surface area (Å²) in [5, 5.41) is 9.70. The van der Waals surface area contributed by atoms with E-state index >= 15 is 0 Å². The van der Waals surface area contributed by atoms with Gasteiger partial charge in [-0.3, -0.25) is 9.69 Å². The summed E-state index contributed by atoms with van der Waals surface area (Å²) in [6.45, 7) is 9.02. The molecule has 0 amide bonds. The van der Waals surface area contributed by atoms with Crippen LogP contribution < -0.4 is 4.90 Å². The van der Waals surface area contributed by atoms with Crippen molar-refractivity contribution in [2.45, 2.75) is 19.9 Å². The maximum Gasteiger partial charge on any atom is 0.325 e. The standard InChI is InChI=1S/C18H29N3O2/c1-14(2)13-20-9-11-21(12-10-20)17(18(22)23)15-5-7-16(8-6-15)19(3)4/h5-8,14,17H,9-13H2,1-4H3,(H,22,23). The smallest absolute Gasteiger partial charge is 0.325 e. The third kappa shape index (κ3) is 4.69. The first-order chi connectivity index (χ1) is 10.9. The highest BCUT2D eigenvalue weighted by molar-refractivity contribution is 5.75. The lowest BCUT2D eigenvalue weighted by molar-refractivity contribution is -0.144. The van der Waals surface area contributed by atoms with Gasteiger partial charge in [0.25, 0.3) is 0 Å². The van der Waals surface area contributed by atoms with Crippen LogP contribution in [-0.2, 0) is 4.79 Å². The molecule has 5 nitrogen and oxygen atoms in total. The van der Waals surface area contributed by atoms with Crippen molar-refractivity contribution in [3.63, 3.8) is 0 Å². The number of carboxylic acids is 1. The fourth-order valence-corrected chi connectivity index (χ4v) is 3.18. The predicted octanol–water partition coefficient (Wildman–Crippen LogP) is 2.15. The van der Waals surface area contributed by atoms with E-state index in [9.17, 15) is 9.90 Å². The molecule has 23 heavy (non-hydrogen) atoms. The number of rotatable bonds is 6. The first-order valence-electron chi connectivity index (χ1n) is 8.35. The lowest BCUT2D eigenvalue weighted by Gasteiger charge is -2.38. The Morgan fingerprint density at radius 3 is 2.13 bits per heavy atom. The van der Waals surface area contributed by atoms with Gasteiger partial charge in [0.15, 0.2) is 0 Å². The molecule has 1 aromatic rings. The van der Waals surface area contributed by atoms with Crippen molar-refractivity contribution in [2.24, 2.45) is 5.92 Å². The maximum atomic E-state index is 11.8. The van der Waals surface area contributed by atoms with Gasteiger partial charge >= 0.3 is 5.97 Å². The van der Waals surface area contributed by atoms with Gasteiger partial charge in [0.2, 0.25) is 0 Å². The average molecular weight is 319 g/mol. The summed E-state index contributed by atoms with van der Waals surface area (Å²) in [5.74, 6) is -0.115. The summed E-state index contributed by atoms with van der Waals surface area (Å²) in [5.41, 5.74) is 1.94. The molecule has 0 saturated carbocycles. The molecule has 128 valence electrons. The second-order valence-corrected chi connectivity index (χ2v) is 6.96. The molecule has 1 atom stereocenters. The van der Waals surface area contributed by atoms with E-state index in [1.54, 1.807) is 0 Å². The zero-order valence-corrected chi connectivity index (χ0v) is 14.7. The first kappa shape index (κ1) is 17.8. The number of nitrogens with zero attached hydrogens (tertiary/aromatic N) is 3. The molecule has 0 spiro atoms. The van der Waals surface area contributed by atoms with Crippen LogP contribution in [0.4, 0.5) is 5.69 Å². The number of carboxylic acid groups (broad SMARTS) is 1.